The monoisotopic (exact) mass is 296 g/mol. The molecule has 1 heterocycles. The summed E-state index contributed by atoms with van der Waals surface area (Å²) in [5.74, 6) is -0.585. The van der Waals surface area contributed by atoms with Crippen LogP contribution >= 0.6 is 0 Å². The number of benzene rings is 1. The zero-order valence-electron chi connectivity index (χ0n) is 10.7. The van der Waals surface area contributed by atoms with Gasteiger partial charge in [-0.05, 0) is 24.3 Å². The molecular weight excluding hydrogens is 285 g/mol. The van der Waals surface area contributed by atoms with Gasteiger partial charge in [-0.1, -0.05) is 18.2 Å². The van der Waals surface area contributed by atoms with Gasteiger partial charge in [-0.15, -0.1) is 0 Å². The van der Waals surface area contributed by atoms with Gasteiger partial charge in [0.2, 0.25) is 0 Å². The van der Waals surface area contributed by atoms with Crippen molar-refractivity contribution in [3.63, 3.8) is 0 Å². The first kappa shape index (κ1) is 14.8. The quantitative estimate of drug-likeness (QED) is 0.942. The molecule has 1 aromatic carbocycles. The SMILES string of the molecule is O=C(Nc1ccccc1OCC(F)(F)F)c1ccccn1. The smallest absolute Gasteiger partial charge is 0.422 e. The predicted molar refractivity (Wildman–Crippen MR) is 70.2 cm³/mol. The van der Waals surface area contributed by atoms with Crippen LogP contribution in [-0.2, 0) is 0 Å². The number of amides is 1. The van der Waals surface area contributed by atoms with Crippen molar-refractivity contribution in [2.24, 2.45) is 0 Å². The van der Waals surface area contributed by atoms with Crippen LogP contribution in [0.4, 0.5) is 18.9 Å². The molecule has 2 aromatic rings. The molecule has 0 fully saturated rings. The van der Waals surface area contributed by atoms with Gasteiger partial charge in [-0.2, -0.15) is 13.2 Å². The van der Waals surface area contributed by atoms with E-state index in [9.17, 15) is 18.0 Å². The molecule has 0 aliphatic carbocycles. The van der Waals surface area contributed by atoms with Gasteiger partial charge >= 0.3 is 6.18 Å². The molecule has 1 amide bonds. The number of halogens is 3. The molecule has 1 N–H and O–H groups in total. The second-order valence-corrected chi connectivity index (χ2v) is 4.07. The number of rotatable bonds is 4. The number of pyridine rings is 1. The number of hydrogen-bond donors (Lipinski definition) is 1. The summed E-state index contributed by atoms with van der Waals surface area (Å²) in [6.45, 7) is -1.43. The predicted octanol–water partition coefficient (Wildman–Crippen LogP) is 3.28. The molecule has 0 unspecified atom stereocenters. The van der Waals surface area contributed by atoms with Crippen LogP contribution in [0.15, 0.2) is 48.7 Å². The Morgan fingerprint density at radius 2 is 1.86 bits per heavy atom. The van der Waals surface area contributed by atoms with Crippen LogP contribution < -0.4 is 10.1 Å². The molecule has 0 aliphatic heterocycles. The number of alkyl halides is 3. The van der Waals surface area contributed by atoms with Gasteiger partial charge in [0, 0.05) is 6.20 Å². The van der Waals surface area contributed by atoms with Crippen LogP contribution in [0.2, 0.25) is 0 Å². The standard InChI is InChI=1S/C14H11F3N2O2/c15-14(16,17)9-21-12-7-2-1-5-10(12)19-13(20)11-6-3-4-8-18-11/h1-8H,9H2,(H,19,20). The van der Waals surface area contributed by atoms with Gasteiger partial charge in [-0.25, -0.2) is 0 Å². The third-order valence-electron chi connectivity index (χ3n) is 2.42. The fraction of sp³-hybridized carbons (Fsp3) is 0.143. The molecule has 2 rings (SSSR count). The summed E-state index contributed by atoms with van der Waals surface area (Å²) in [7, 11) is 0. The molecule has 21 heavy (non-hydrogen) atoms. The number of ether oxygens (including phenoxy) is 1. The number of nitrogens with zero attached hydrogens (tertiary/aromatic N) is 1. The Bertz CT molecular complexity index is 615. The van der Waals surface area contributed by atoms with Gasteiger partial charge in [0.1, 0.15) is 11.4 Å². The van der Waals surface area contributed by atoms with Crippen molar-refractivity contribution in [1.29, 1.82) is 0 Å². The average molecular weight is 296 g/mol. The lowest BCUT2D eigenvalue weighted by atomic mass is 10.2. The van der Waals surface area contributed by atoms with E-state index in [4.69, 9.17) is 0 Å². The van der Waals surface area contributed by atoms with Gasteiger partial charge in [-0.3, -0.25) is 9.78 Å². The summed E-state index contributed by atoms with van der Waals surface area (Å²) >= 11 is 0. The first-order chi connectivity index (χ1) is 9.96. The van der Waals surface area contributed by atoms with Gasteiger partial charge in [0.25, 0.3) is 5.91 Å². The molecule has 110 valence electrons. The third kappa shape index (κ3) is 4.48. The van der Waals surface area contributed by atoms with E-state index in [0.717, 1.165) is 0 Å². The van der Waals surface area contributed by atoms with Crippen LogP contribution in [0.3, 0.4) is 0 Å². The minimum atomic E-state index is -4.45. The first-order valence-electron chi connectivity index (χ1n) is 5.97. The highest BCUT2D eigenvalue weighted by molar-refractivity contribution is 6.03. The Labute approximate surface area is 118 Å². The highest BCUT2D eigenvalue weighted by Crippen LogP contribution is 2.26. The highest BCUT2D eigenvalue weighted by Gasteiger charge is 2.28. The first-order valence-corrected chi connectivity index (χ1v) is 5.97. The number of nitrogens with one attached hydrogen (secondary N) is 1. The molecule has 0 saturated heterocycles. The molecule has 7 heteroatoms. The zero-order valence-corrected chi connectivity index (χ0v) is 10.7. The number of para-hydroxylation sites is 2. The summed E-state index contributed by atoms with van der Waals surface area (Å²) in [6, 6.07) is 10.7. The van der Waals surface area contributed by atoms with Gasteiger partial charge in [0.15, 0.2) is 6.61 Å². The van der Waals surface area contributed by atoms with E-state index < -0.39 is 18.7 Å². The molecular formula is C14H11F3N2O2. The zero-order chi connectivity index (χ0) is 15.3. The Morgan fingerprint density at radius 3 is 2.52 bits per heavy atom. The van der Waals surface area contributed by atoms with Crippen molar-refractivity contribution in [1.82, 2.24) is 4.98 Å². The maximum Gasteiger partial charge on any atom is 0.422 e. The maximum atomic E-state index is 12.2. The number of carbonyl (C=O) groups is 1. The van der Waals surface area contributed by atoms with Crippen molar-refractivity contribution in [3.8, 4) is 5.75 Å². The summed E-state index contributed by atoms with van der Waals surface area (Å²) in [4.78, 5) is 15.8. The Hall–Kier alpha value is -2.57. The van der Waals surface area contributed by atoms with Crippen molar-refractivity contribution in [3.05, 3.63) is 54.4 Å². The topological polar surface area (TPSA) is 51.2 Å². The molecule has 0 spiro atoms. The minimum Gasteiger partial charge on any atom is -0.482 e. The summed E-state index contributed by atoms with van der Waals surface area (Å²) in [5.41, 5.74) is 0.306. The number of aromatic nitrogens is 1. The normalized spacial score (nSPS) is 11.0. The van der Waals surface area contributed by atoms with Crippen LogP contribution in [-0.4, -0.2) is 23.7 Å². The fourth-order valence-electron chi connectivity index (χ4n) is 1.54. The summed E-state index contributed by atoms with van der Waals surface area (Å²) in [5, 5.41) is 2.47. The third-order valence-corrected chi connectivity index (χ3v) is 2.42. The molecule has 0 bridgehead atoms. The molecule has 0 aliphatic rings. The van der Waals surface area contributed by atoms with E-state index in [0.29, 0.717) is 0 Å². The second-order valence-electron chi connectivity index (χ2n) is 4.07. The molecule has 4 nitrogen and oxygen atoms in total. The maximum absolute atomic E-state index is 12.2. The van der Waals surface area contributed by atoms with E-state index >= 15 is 0 Å². The molecule has 0 saturated carbocycles. The second kappa shape index (κ2) is 6.25. The van der Waals surface area contributed by atoms with E-state index in [-0.39, 0.29) is 17.1 Å². The largest absolute Gasteiger partial charge is 0.482 e. The van der Waals surface area contributed by atoms with Crippen LogP contribution in [0.1, 0.15) is 10.5 Å². The fourth-order valence-corrected chi connectivity index (χ4v) is 1.54. The van der Waals surface area contributed by atoms with Gasteiger partial charge < -0.3 is 10.1 Å². The summed E-state index contributed by atoms with van der Waals surface area (Å²) < 4.78 is 41.2. The molecule has 0 radical (unpaired) electrons. The Balaban J connectivity index is 2.11. The van der Waals surface area contributed by atoms with Crippen molar-refractivity contribution < 1.29 is 22.7 Å². The van der Waals surface area contributed by atoms with E-state index in [2.05, 4.69) is 15.0 Å². The van der Waals surface area contributed by atoms with E-state index in [1.54, 1.807) is 18.2 Å². The lowest BCUT2D eigenvalue weighted by molar-refractivity contribution is -0.153. The number of carbonyl (C=O) groups excluding carboxylic acids is 1. The molecule has 1 aromatic heterocycles. The van der Waals surface area contributed by atoms with Crippen LogP contribution in [0.5, 0.6) is 5.75 Å². The van der Waals surface area contributed by atoms with Gasteiger partial charge in [0.05, 0.1) is 5.69 Å². The number of hydrogen-bond acceptors (Lipinski definition) is 3. The Kier molecular flexibility index (Phi) is 4.42. The van der Waals surface area contributed by atoms with E-state index in [1.165, 1.54) is 30.5 Å². The lowest BCUT2D eigenvalue weighted by Crippen LogP contribution is -2.20. The Morgan fingerprint density at radius 1 is 1.14 bits per heavy atom. The summed E-state index contributed by atoms with van der Waals surface area (Å²) in [6.07, 6.45) is -3.00. The van der Waals surface area contributed by atoms with E-state index in [1.807, 2.05) is 0 Å². The van der Waals surface area contributed by atoms with Crippen LogP contribution in [0.25, 0.3) is 0 Å². The molecule has 0 atom stereocenters. The highest BCUT2D eigenvalue weighted by atomic mass is 19.4. The average Bonchev–Trinajstić information content (AvgIpc) is 2.46. The lowest BCUT2D eigenvalue weighted by Gasteiger charge is -2.13. The van der Waals surface area contributed by atoms with Crippen molar-refractivity contribution in [2.45, 2.75) is 6.18 Å². The number of anilines is 1. The van der Waals surface area contributed by atoms with Crippen molar-refractivity contribution in [2.75, 3.05) is 11.9 Å². The minimum absolute atomic E-state index is 0.0564. The van der Waals surface area contributed by atoms with Crippen LogP contribution in [0, 0.1) is 0 Å². The van der Waals surface area contributed by atoms with Crippen molar-refractivity contribution >= 4 is 11.6 Å².